The molecule has 0 amide bonds. The van der Waals surface area contributed by atoms with Crippen molar-refractivity contribution in [3.63, 3.8) is 0 Å². The van der Waals surface area contributed by atoms with E-state index in [2.05, 4.69) is 0 Å². The number of carboxylic acids is 1. The van der Waals surface area contributed by atoms with E-state index in [0.717, 1.165) is 0 Å². The fraction of sp³-hybridized carbons (Fsp3) is 0.417. The highest BCUT2D eigenvalue weighted by atomic mass is 16.5. The maximum absolute atomic E-state index is 10.5. The largest absolute Gasteiger partial charge is 0.493 e. The van der Waals surface area contributed by atoms with Crippen molar-refractivity contribution in [3.05, 3.63) is 23.8 Å². The zero-order valence-corrected chi connectivity index (χ0v) is 9.84. The van der Waals surface area contributed by atoms with Crippen LogP contribution in [0.4, 0.5) is 0 Å². The molecular weight excluding hydrogens is 224 g/mol. The van der Waals surface area contributed by atoms with Crippen molar-refractivity contribution in [2.75, 3.05) is 13.7 Å². The summed E-state index contributed by atoms with van der Waals surface area (Å²) in [5.41, 5.74) is 0.493. The molecule has 0 fully saturated rings. The molecule has 0 saturated heterocycles. The molecule has 0 heterocycles. The number of carbonyl (C=O) groups is 1. The quantitative estimate of drug-likeness (QED) is 0.789. The number of rotatable bonds is 6. The highest BCUT2D eigenvalue weighted by molar-refractivity contribution is 5.67. The van der Waals surface area contributed by atoms with Crippen LogP contribution in [0, 0.1) is 0 Å². The summed E-state index contributed by atoms with van der Waals surface area (Å²) in [7, 11) is 1.49. The summed E-state index contributed by atoms with van der Waals surface area (Å²) in [6.07, 6.45) is -1.38. The Morgan fingerprint density at radius 1 is 1.41 bits per heavy atom. The Labute approximate surface area is 99.6 Å². The normalized spacial score (nSPS) is 11.9. The molecule has 17 heavy (non-hydrogen) atoms. The first kappa shape index (κ1) is 13.3. The monoisotopic (exact) mass is 240 g/mol. The predicted octanol–water partition coefficient (Wildman–Crippen LogP) is 1.60. The number of carboxylic acid groups (broad SMARTS) is 1. The van der Waals surface area contributed by atoms with Gasteiger partial charge in [0.2, 0.25) is 0 Å². The molecule has 94 valence electrons. The predicted molar refractivity (Wildman–Crippen MR) is 61.4 cm³/mol. The highest BCUT2D eigenvalue weighted by Gasteiger charge is 2.14. The molecule has 0 radical (unpaired) electrons. The summed E-state index contributed by atoms with van der Waals surface area (Å²) < 4.78 is 10.4. The van der Waals surface area contributed by atoms with E-state index >= 15 is 0 Å². The molecule has 0 saturated carbocycles. The lowest BCUT2D eigenvalue weighted by molar-refractivity contribution is -0.139. The Morgan fingerprint density at radius 3 is 2.65 bits per heavy atom. The van der Waals surface area contributed by atoms with E-state index in [9.17, 15) is 9.90 Å². The second-order valence-corrected chi connectivity index (χ2v) is 3.46. The van der Waals surface area contributed by atoms with E-state index in [1.165, 1.54) is 7.11 Å². The fourth-order valence-electron chi connectivity index (χ4n) is 1.45. The van der Waals surface area contributed by atoms with Crippen LogP contribution in [0.5, 0.6) is 11.5 Å². The fourth-order valence-corrected chi connectivity index (χ4v) is 1.45. The molecule has 2 N–H and O–H groups in total. The zero-order valence-electron chi connectivity index (χ0n) is 9.84. The molecule has 0 bridgehead atoms. The van der Waals surface area contributed by atoms with Gasteiger partial charge in [-0.05, 0) is 24.6 Å². The molecule has 1 unspecified atom stereocenters. The van der Waals surface area contributed by atoms with Gasteiger partial charge in [-0.15, -0.1) is 0 Å². The first-order valence-corrected chi connectivity index (χ1v) is 5.29. The number of aliphatic hydroxyl groups is 1. The van der Waals surface area contributed by atoms with Gasteiger partial charge in [0, 0.05) is 0 Å². The topological polar surface area (TPSA) is 76.0 Å². The lowest BCUT2D eigenvalue weighted by Crippen LogP contribution is -2.06. The average molecular weight is 240 g/mol. The van der Waals surface area contributed by atoms with Crippen LogP contribution < -0.4 is 9.47 Å². The molecule has 0 aliphatic heterocycles. The van der Waals surface area contributed by atoms with Gasteiger partial charge in [-0.25, -0.2) is 0 Å². The first-order valence-electron chi connectivity index (χ1n) is 5.29. The summed E-state index contributed by atoms with van der Waals surface area (Å²) >= 11 is 0. The van der Waals surface area contributed by atoms with Gasteiger partial charge in [0.25, 0.3) is 0 Å². The van der Waals surface area contributed by atoms with Crippen LogP contribution in [0.25, 0.3) is 0 Å². The van der Waals surface area contributed by atoms with Crippen molar-refractivity contribution >= 4 is 5.97 Å². The summed E-state index contributed by atoms with van der Waals surface area (Å²) in [5, 5.41) is 18.2. The molecule has 5 nitrogen and oxygen atoms in total. The van der Waals surface area contributed by atoms with Gasteiger partial charge in [0.1, 0.15) is 0 Å². The smallest absolute Gasteiger partial charge is 0.306 e. The van der Waals surface area contributed by atoms with Crippen LogP contribution in [0.3, 0.4) is 0 Å². The third-order valence-corrected chi connectivity index (χ3v) is 2.24. The lowest BCUT2D eigenvalue weighted by Gasteiger charge is -2.13. The minimum atomic E-state index is -1.05. The van der Waals surface area contributed by atoms with E-state index in [1.807, 2.05) is 6.92 Å². The minimum absolute atomic E-state index is 0.336. The maximum Gasteiger partial charge on any atom is 0.306 e. The van der Waals surface area contributed by atoms with Crippen molar-refractivity contribution < 1.29 is 24.5 Å². The van der Waals surface area contributed by atoms with E-state index in [4.69, 9.17) is 14.6 Å². The molecule has 5 heteroatoms. The first-order chi connectivity index (χ1) is 8.08. The van der Waals surface area contributed by atoms with Gasteiger partial charge < -0.3 is 19.7 Å². The van der Waals surface area contributed by atoms with Gasteiger partial charge in [-0.2, -0.15) is 0 Å². The second-order valence-electron chi connectivity index (χ2n) is 3.46. The summed E-state index contributed by atoms with van der Waals surface area (Å²) in [6.45, 7) is 2.36. The van der Waals surface area contributed by atoms with Gasteiger partial charge in [0.15, 0.2) is 11.5 Å². The van der Waals surface area contributed by atoms with Crippen LogP contribution in [-0.4, -0.2) is 29.9 Å². The number of methoxy groups -OCH3 is 1. The summed E-state index contributed by atoms with van der Waals surface area (Å²) in [4.78, 5) is 10.5. The maximum atomic E-state index is 10.5. The number of ether oxygens (including phenoxy) is 2. The molecule has 1 aromatic carbocycles. The van der Waals surface area contributed by atoms with Gasteiger partial charge >= 0.3 is 5.97 Å². The van der Waals surface area contributed by atoms with Crippen LogP contribution >= 0.6 is 0 Å². The van der Waals surface area contributed by atoms with Crippen LogP contribution in [0.2, 0.25) is 0 Å². The summed E-state index contributed by atoms with van der Waals surface area (Å²) in [6, 6.07) is 4.86. The van der Waals surface area contributed by atoms with Crippen molar-refractivity contribution in [2.24, 2.45) is 0 Å². The Balaban J connectivity index is 2.92. The lowest BCUT2D eigenvalue weighted by atomic mass is 10.1. The standard InChI is InChI=1S/C12H16O5/c1-3-17-10-5-4-8(6-11(10)16-2)9(13)7-12(14)15/h4-6,9,13H,3,7H2,1-2H3,(H,14,15). The second kappa shape index (κ2) is 6.10. The number of aliphatic hydroxyl groups excluding tert-OH is 1. The Hall–Kier alpha value is -1.75. The van der Waals surface area contributed by atoms with E-state index in [0.29, 0.717) is 23.7 Å². The van der Waals surface area contributed by atoms with E-state index in [1.54, 1.807) is 18.2 Å². The molecule has 0 aliphatic carbocycles. The van der Waals surface area contributed by atoms with Crippen molar-refractivity contribution in [2.45, 2.75) is 19.4 Å². The molecule has 1 atom stereocenters. The van der Waals surface area contributed by atoms with Crippen LogP contribution in [0.15, 0.2) is 18.2 Å². The van der Waals surface area contributed by atoms with Gasteiger partial charge in [-0.1, -0.05) is 6.07 Å². The number of hydrogen-bond acceptors (Lipinski definition) is 4. The SMILES string of the molecule is CCOc1ccc(C(O)CC(=O)O)cc1OC. The molecule has 1 aromatic rings. The van der Waals surface area contributed by atoms with Crippen molar-refractivity contribution in [1.82, 2.24) is 0 Å². The molecule has 0 aliphatic rings. The third-order valence-electron chi connectivity index (χ3n) is 2.24. The van der Waals surface area contributed by atoms with Crippen molar-refractivity contribution in [1.29, 1.82) is 0 Å². The van der Waals surface area contributed by atoms with Crippen LogP contribution in [0.1, 0.15) is 25.0 Å². The molecule has 0 aromatic heterocycles. The molecular formula is C12H16O5. The summed E-state index contributed by atoms with van der Waals surface area (Å²) in [5.74, 6) is 0.000385. The molecule has 0 spiro atoms. The average Bonchev–Trinajstić information content (AvgIpc) is 2.29. The Bertz CT molecular complexity index is 388. The zero-order chi connectivity index (χ0) is 12.8. The minimum Gasteiger partial charge on any atom is -0.493 e. The Kier molecular flexibility index (Phi) is 4.78. The number of aliphatic carboxylic acids is 1. The molecule has 1 rings (SSSR count). The van der Waals surface area contributed by atoms with Crippen LogP contribution in [-0.2, 0) is 4.79 Å². The van der Waals surface area contributed by atoms with Crippen molar-refractivity contribution in [3.8, 4) is 11.5 Å². The number of hydrogen-bond donors (Lipinski definition) is 2. The Morgan fingerprint density at radius 2 is 2.12 bits per heavy atom. The van der Waals surface area contributed by atoms with E-state index < -0.39 is 12.1 Å². The third kappa shape index (κ3) is 3.64. The van der Waals surface area contributed by atoms with Gasteiger partial charge in [0.05, 0.1) is 26.2 Å². The van der Waals surface area contributed by atoms with Gasteiger partial charge in [-0.3, -0.25) is 4.79 Å². The number of benzene rings is 1. The highest BCUT2D eigenvalue weighted by Crippen LogP contribution is 2.31. The van der Waals surface area contributed by atoms with E-state index in [-0.39, 0.29) is 6.42 Å².